The monoisotopic (exact) mass is 240 g/mol. The van der Waals surface area contributed by atoms with Crippen molar-refractivity contribution in [3.8, 4) is 0 Å². The molecule has 3 nitrogen and oxygen atoms in total. The lowest BCUT2D eigenvalue weighted by Gasteiger charge is -2.41. The molecule has 0 aromatic carbocycles. The number of hydrogen-bond donors (Lipinski definition) is 1. The van der Waals surface area contributed by atoms with Crippen LogP contribution in [0, 0.1) is 11.8 Å². The summed E-state index contributed by atoms with van der Waals surface area (Å²) in [6.45, 7) is 12.6. The Morgan fingerprint density at radius 1 is 1.35 bits per heavy atom. The second-order valence-corrected chi connectivity index (χ2v) is 5.61. The van der Waals surface area contributed by atoms with Gasteiger partial charge in [0.05, 0.1) is 0 Å². The highest BCUT2D eigenvalue weighted by atomic mass is 16.2. The lowest BCUT2D eigenvalue weighted by atomic mass is 9.96. The van der Waals surface area contributed by atoms with Crippen molar-refractivity contribution in [3.05, 3.63) is 0 Å². The Labute approximate surface area is 106 Å². The van der Waals surface area contributed by atoms with E-state index < -0.39 is 0 Å². The molecule has 1 amide bonds. The molecule has 0 aromatic heterocycles. The maximum absolute atomic E-state index is 12.4. The molecule has 2 unspecified atom stereocenters. The number of carbonyl (C=O) groups is 1. The van der Waals surface area contributed by atoms with Gasteiger partial charge in [-0.05, 0) is 25.7 Å². The van der Waals surface area contributed by atoms with Gasteiger partial charge in [0, 0.05) is 31.1 Å². The quantitative estimate of drug-likeness (QED) is 0.817. The van der Waals surface area contributed by atoms with Crippen LogP contribution < -0.4 is 5.32 Å². The summed E-state index contributed by atoms with van der Waals surface area (Å²) in [4.78, 5) is 14.5. The number of rotatable bonds is 4. The van der Waals surface area contributed by atoms with Gasteiger partial charge in [-0.2, -0.15) is 0 Å². The molecule has 100 valence electrons. The first-order valence-electron chi connectivity index (χ1n) is 7.05. The van der Waals surface area contributed by atoms with Gasteiger partial charge in [0.1, 0.15) is 0 Å². The summed E-state index contributed by atoms with van der Waals surface area (Å²) in [5, 5.41) is 3.53. The highest BCUT2D eigenvalue weighted by Crippen LogP contribution is 2.18. The molecule has 1 saturated heterocycles. The van der Waals surface area contributed by atoms with Crippen LogP contribution >= 0.6 is 0 Å². The molecule has 0 radical (unpaired) electrons. The van der Waals surface area contributed by atoms with E-state index in [1.54, 1.807) is 0 Å². The molecule has 1 N–H and O–H groups in total. The number of carbonyl (C=O) groups excluding carboxylic acids is 1. The van der Waals surface area contributed by atoms with E-state index in [-0.39, 0.29) is 5.92 Å². The average Bonchev–Trinajstić information content (AvgIpc) is 2.30. The predicted molar refractivity (Wildman–Crippen MR) is 71.9 cm³/mol. The zero-order valence-electron chi connectivity index (χ0n) is 12.0. The molecule has 17 heavy (non-hydrogen) atoms. The molecule has 3 heteroatoms. The van der Waals surface area contributed by atoms with Crippen molar-refractivity contribution in [2.75, 3.05) is 13.1 Å². The fourth-order valence-electron chi connectivity index (χ4n) is 2.51. The van der Waals surface area contributed by atoms with Gasteiger partial charge in [-0.25, -0.2) is 0 Å². The number of nitrogens with zero attached hydrogens (tertiary/aromatic N) is 1. The molecule has 0 aliphatic carbocycles. The van der Waals surface area contributed by atoms with E-state index in [9.17, 15) is 4.79 Å². The zero-order chi connectivity index (χ0) is 13.0. The summed E-state index contributed by atoms with van der Waals surface area (Å²) in [5.74, 6) is 1.15. The number of amides is 1. The van der Waals surface area contributed by atoms with Gasteiger partial charge in [0.2, 0.25) is 5.91 Å². The van der Waals surface area contributed by atoms with Gasteiger partial charge in [0.15, 0.2) is 0 Å². The molecule has 1 fully saturated rings. The van der Waals surface area contributed by atoms with Crippen molar-refractivity contribution < 1.29 is 4.79 Å². The van der Waals surface area contributed by atoms with E-state index in [0.717, 1.165) is 25.9 Å². The fraction of sp³-hybridized carbons (Fsp3) is 0.929. The summed E-state index contributed by atoms with van der Waals surface area (Å²) in [6, 6.07) is 0.780. The minimum atomic E-state index is 0.211. The Kier molecular flexibility index (Phi) is 5.44. The lowest BCUT2D eigenvalue weighted by molar-refractivity contribution is -0.139. The first-order chi connectivity index (χ1) is 8.01. The van der Waals surface area contributed by atoms with Crippen LogP contribution in [-0.2, 0) is 4.79 Å². The van der Waals surface area contributed by atoms with Crippen LogP contribution in [-0.4, -0.2) is 36.0 Å². The highest BCUT2D eigenvalue weighted by molar-refractivity contribution is 5.79. The maximum atomic E-state index is 12.4. The van der Waals surface area contributed by atoms with Crippen LogP contribution in [0.2, 0.25) is 0 Å². The summed E-state index contributed by atoms with van der Waals surface area (Å²) < 4.78 is 0. The molecular formula is C14H28N2O. The number of hydrogen-bond acceptors (Lipinski definition) is 2. The van der Waals surface area contributed by atoms with Crippen LogP contribution in [0.3, 0.4) is 0 Å². The third-order valence-corrected chi connectivity index (χ3v) is 4.02. The van der Waals surface area contributed by atoms with Gasteiger partial charge < -0.3 is 10.2 Å². The van der Waals surface area contributed by atoms with Crippen LogP contribution in [0.1, 0.15) is 47.5 Å². The smallest absolute Gasteiger partial charge is 0.225 e. The first kappa shape index (κ1) is 14.5. The largest absolute Gasteiger partial charge is 0.337 e. The molecule has 1 aliphatic rings. The van der Waals surface area contributed by atoms with Crippen molar-refractivity contribution in [1.82, 2.24) is 10.2 Å². The van der Waals surface area contributed by atoms with Gasteiger partial charge in [0.25, 0.3) is 0 Å². The minimum absolute atomic E-state index is 0.211. The van der Waals surface area contributed by atoms with Crippen molar-refractivity contribution >= 4 is 5.91 Å². The Morgan fingerprint density at radius 3 is 2.41 bits per heavy atom. The van der Waals surface area contributed by atoms with E-state index in [0.29, 0.717) is 23.9 Å². The Bertz CT molecular complexity index is 249. The molecule has 0 bridgehead atoms. The minimum Gasteiger partial charge on any atom is -0.337 e. The number of piperazine rings is 1. The summed E-state index contributed by atoms with van der Waals surface area (Å²) in [7, 11) is 0. The van der Waals surface area contributed by atoms with Crippen LogP contribution in [0.15, 0.2) is 0 Å². The first-order valence-corrected chi connectivity index (χ1v) is 7.05. The van der Waals surface area contributed by atoms with Crippen molar-refractivity contribution in [2.45, 2.75) is 59.5 Å². The summed E-state index contributed by atoms with van der Waals surface area (Å²) in [6.07, 6.45) is 1.91. The van der Waals surface area contributed by atoms with E-state index in [1.165, 1.54) is 0 Å². The lowest BCUT2D eigenvalue weighted by Crippen LogP contribution is -2.59. The molecule has 2 atom stereocenters. The summed E-state index contributed by atoms with van der Waals surface area (Å²) in [5.41, 5.74) is 0. The molecule has 0 spiro atoms. The van der Waals surface area contributed by atoms with Crippen LogP contribution in [0.5, 0.6) is 0 Å². The third kappa shape index (κ3) is 3.44. The SMILES string of the molecule is CCC(CC)C(=O)N1CC(C(C)C)NCC1C. The second kappa shape index (κ2) is 6.39. The zero-order valence-corrected chi connectivity index (χ0v) is 12.0. The second-order valence-electron chi connectivity index (χ2n) is 5.61. The number of nitrogens with one attached hydrogen (secondary N) is 1. The molecule has 1 heterocycles. The Balaban J connectivity index is 2.69. The van der Waals surface area contributed by atoms with E-state index in [1.807, 2.05) is 0 Å². The maximum Gasteiger partial charge on any atom is 0.225 e. The topological polar surface area (TPSA) is 32.3 Å². The Hall–Kier alpha value is -0.570. The summed E-state index contributed by atoms with van der Waals surface area (Å²) >= 11 is 0. The molecule has 0 aromatic rings. The third-order valence-electron chi connectivity index (χ3n) is 4.02. The average molecular weight is 240 g/mol. The molecule has 1 aliphatic heterocycles. The molecule has 1 rings (SSSR count). The fourth-order valence-corrected chi connectivity index (χ4v) is 2.51. The standard InChI is InChI=1S/C14H28N2O/c1-6-12(7-2)14(17)16-9-13(10(3)4)15-8-11(16)5/h10-13,15H,6-9H2,1-5H3. The Morgan fingerprint density at radius 2 is 1.94 bits per heavy atom. The highest BCUT2D eigenvalue weighted by Gasteiger charge is 2.32. The van der Waals surface area contributed by atoms with Gasteiger partial charge in [-0.15, -0.1) is 0 Å². The molecular weight excluding hydrogens is 212 g/mol. The van der Waals surface area contributed by atoms with Crippen molar-refractivity contribution in [3.63, 3.8) is 0 Å². The van der Waals surface area contributed by atoms with E-state index in [2.05, 4.69) is 44.8 Å². The normalized spacial score (nSPS) is 25.7. The predicted octanol–water partition coefficient (Wildman–Crippen LogP) is 2.27. The van der Waals surface area contributed by atoms with E-state index in [4.69, 9.17) is 0 Å². The van der Waals surface area contributed by atoms with Crippen LogP contribution in [0.25, 0.3) is 0 Å². The van der Waals surface area contributed by atoms with Gasteiger partial charge in [-0.1, -0.05) is 27.7 Å². The van der Waals surface area contributed by atoms with E-state index >= 15 is 0 Å². The van der Waals surface area contributed by atoms with Crippen molar-refractivity contribution in [2.24, 2.45) is 11.8 Å². The van der Waals surface area contributed by atoms with Crippen molar-refractivity contribution in [1.29, 1.82) is 0 Å². The molecule has 0 saturated carbocycles. The van der Waals surface area contributed by atoms with Gasteiger partial charge >= 0.3 is 0 Å². The van der Waals surface area contributed by atoms with Gasteiger partial charge in [-0.3, -0.25) is 4.79 Å². The van der Waals surface area contributed by atoms with Crippen LogP contribution in [0.4, 0.5) is 0 Å².